The zero-order chi connectivity index (χ0) is 22.2. The van der Waals surface area contributed by atoms with Crippen LogP contribution in [0.1, 0.15) is 18.0 Å². The molecule has 32 heavy (non-hydrogen) atoms. The van der Waals surface area contributed by atoms with Gasteiger partial charge in [-0.15, -0.1) is 0 Å². The molecule has 0 spiro atoms. The van der Waals surface area contributed by atoms with Gasteiger partial charge in [0, 0.05) is 42.2 Å². The zero-order valence-electron chi connectivity index (χ0n) is 17.7. The fraction of sp³-hybridized carbons (Fsp3) is 0.208. The van der Waals surface area contributed by atoms with E-state index in [0.29, 0.717) is 29.6 Å². The summed E-state index contributed by atoms with van der Waals surface area (Å²) in [4.78, 5) is 36.2. The number of rotatable bonds is 4. The lowest BCUT2D eigenvalue weighted by atomic mass is 10.1. The number of nitrogens with one attached hydrogen (secondary N) is 1. The molecular weight excluding hydrogens is 406 g/mol. The summed E-state index contributed by atoms with van der Waals surface area (Å²) in [6.45, 7) is 3.92. The number of benzene rings is 2. The third-order valence-corrected chi connectivity index (χ3v) is 5.54. The lowest BCUT2D eigenvalue weighted by Crippen LogP contribution is -2.28. The average molecular weight is 427 g/mol. The van der Waals surface area contributed by atoms with Crippen LogP contribution in [-0.2, 0) is 9.59 Å². The Morgan fingerprint density at radius 1 is 1.09 bits per heavy atom. The number of carbonyl (C=O) groups excluding carboxylic acids is 2. The number of anilines is 2. The van der Waals surface area contributed by atoms with Gasteiger partial charge < -0.3 is 14.7 Å². The summed E-state index contributed by atoms with van der Waals surface area (Å²) in [5.74, 6) is 0.207. The van der Waals surface area contributed by atoms with Crippen LogP contribution >= 0.6 is 0 Å². The van der Waals surface area contributed by atoms with Crippen molar-refractivity contribution in [2.45, 2.75) is 20.3 Å². The van der Waals surface area contributed by atoms with E-state index in [9.17, 15) is 9.59 Å². The molecule has 1 saturated heterocycles. The molecule has 8 heteroatoms. The maximum Gasteiger partial charge on any atom is 0.229 e. The Labute approximate surface area is 184 Å². The Balaban J connectivity index is 1.36. The van der Waals surface area contributed by atoms with Crippen LogP contribution in [0.5, 0.6) is 0 Å². The van der Waals surface area contributed by atoms with Gasteiger partial charge in [-0.1, -0.05) is 35.5 Å². The first-order chi connectivity index (χ1) is 15.5. The molecule has 1 unspecified atom stereocenters. The van der Waals surface area contributed by atoms with Crippen molar-refractivity contribution in [2.24, 2.45) is 5.92 Å². The summed E-state index contributed by atoms with van der Waals surface area (Å²) in [7, 11) is 0. The first kappa shape index (κ1) is 19.9. The summed E-state index contributed by atoms with van der Waals surface area (Å²) in [5.41, 5.74) is 3.80. The SMILES string of the molecule is Cc1cc(NC(=O)C2CC(=O)N(c3cccc(-c4noc(C)n4)c3)C2)c2ccccc2n1. The van der Waals surface area contributed by atoms with Crippen molar-refractivity contribution in [3.05, 3.63) is 66.2 Å². The number of nitrogens with zero attached hydrogens (tertiary/aromatic N) is 4. The van der Waals surface area contributed by atoms with Gasteiger partial charge in [0.1, 0.15) is 0 Å². The Morgan fingerprint density at radius 3 is 2.75 bits per heavy atom. The minimum atomic E-state index is -0.453. The molecule has 4 aromatic rings. The van der Waals surface area contributed by atoms with Gasteiger partial charge in [0.25, 0.3) is 0 Å². The fourth-order valence-corrected chi connectivity index (χ4v) is 4.01. The van der Waals surface area contributed by atoms with Gasteiger partial charge in [-0.25, -0.2) is 0 Å². The van der Waals surface area contributed by atoms with Crippen LogP contribution in [0.2, 0.25) is 0 Å². The molecule has 160 valence electrons. The lowest BCUT2D eigenvalue weighted by molar-refractivity contribution is -0.122. The maximum absolute atomic E-state index is 13.0. The fourth-order valence-electron chi connectivity index (χ4n) is 4.01. The maximum atomic E-state index is 13.0. The second-order valence-corrected chi connectivity index (χ2v) is 7.91. The number of aryl methyl sites for hydroxylation is 2. The molecule has 1 N–H and O–H groups in total. The minimum Gasteiger partial charge on any atom is -0.339 e. The van der Waals surface area contributed by atoms with Gasteiger partial charge in [-0.3, -0.25) is 14.6 Å². The molecule has 2 aromatic carbocycles. The van der Waals surface area contributed by atoms with Crippen molar-refractivity contribution >= 4 is 34.1 Å². The van der Waals surface area contributed by atoms with Crippen LogP contribution in [0, 0.1) is 19.8 Å². The van der Waals surface area contributed by atoms with Crippen LogP contribution in [0.4, 0.5) is 11.4 Å². The molecule has 8 nitrogen and oxygen atoms in total. The normalized spacial score (nSPS) is 16.0. The number of amides is 2. The third-order valence-electron chi connectivity index (χ3n) is 5.54. The van der Waals surface area contributed by atoms with Gasteiger partial charge in [0.05, 0.1) is 17.1 Å². The topological polar surface area (TPSA) is 101 Å². The summed E-state index contributed by atoms with van der Waals surface area (Å²) >= 11 is 0. The minimum absolute atomic E-state index is 0.0950. The summed E-state index contributed by atoms with van der Waals surface area (Å²) < 4.78 is 5.05. The monoisotopic (exact) mass is 427 g/mol. The van der Waals surface area contributed by atoms with E-state index in [4.69, 9.17) is 4.52 Å². The van der Waals surface area contributed by atoms with Crippen molar-refractivity contribution in [1.82, 2.24) is 15.1 Å². The molecular formula is C24H21N5O3. The van der Waals surface area contributed by atoms with Gasteiger partial charge >= 0.3 is 0 Å². The van der Waals surface area contributed by atoms with Crippen molar-refractivity contribution < 1.29 is 14.1 Å². The predicted octanol–water partition coefficient (Wildman–Crippen LogP) is 3.89. The molecule has 2 amide bonds. The van der Waals surface area contributed by atoms with E-state index >= 15 is 0 Å². The number of aromatic nitrogens is 3. The Hall–Kier alpha value is -4.07. The molecule has 1 fully saturated rings. The Kier molecular flexibility index (Phi) is 4.89. The van der Waals surface area contributed by atoms with E-state index < -0.39 is 5.92 Å². The predicted molar refractivity (Wildman–Crippen MR) is 120 cm³/mol. The first-order valence-corrected chi connectivity index (χ1v) is 10.4. The molecule has 0 bridgehead atoms. The number of carbonyl (C=O) groups is 2. The molecule has 0 aliphatic carbocycles. The second kappa shape index (κ2) is 7.88. The highest BCUT2D eigenvalue weighted by atomic mass is 16.5. The number of hydrogen-bond acceptors (Lipinski definition) is 6. The smallest absolute Gasteiger partial charge is 0.229 e. The number of pyridine rings is 1. The Morgan fingerprint density at radius 2 is 1.94 bits per heavy atom. The summed E-state index contributed by atoms with van der Waals surface area (Å²) in [5, 5.41) is 7.82. The molecule has 3 heterocycles. The van der Waals surface area contributed by atoms with Crippen LogP contribution in [0.3, 0.4) is 0 Å². The van der Waals surface area contributed by atoms with Crippen molar-refractivity contribution in [1.29, 1.82) is 0 Å². The summed E-state index contributed by atoms with van der Waals surface area (Å²) in [6.07, 6.45) is 0.152. The second-order valence-electron chi connectivity index (χ2n) is 7.91. The quantitative estimate of drug-likeness (QED) is 0.530. The van der Waals surface area contributed by atoms with E-state index in [1.807, 2.05) is 61.5 Å². The number of fused-ring (bicyclic) bond motifs is 1. The molecule has 5 rings (SSSR count). The van der Waals surface area contributed by atoms with Crippen LogP contribution < -0.4 is 10.2 Å². The van der Waals surface area contributed by atoms with E-state index in [0.717, 1.165) is 22.2 Å². The molecule has 1 atom stereocenters. The van der Waals surface area contributed by atoms with Crippen LogP contribution in [0.15, 0.2) is 59.1 Å². The van der Waals surface area contributed by atoms with Crippen LogP contribution in [0.25, 0.3) is 22.3 Å². The summed E-state index contributed by atoms with van der Waals surface area (Å²) in [6, 6.07) is 16.9. The molecule has 1 aliphatic rings. The molecule has 2 aromatic heterocycles. The van der Waals surface area contributed by atoms with E-state index in [1.165, 1.54) is 0 Å². The number of hydrogen-bond donors (Lipinski definition) is 1. The third kappa shape index (κ3) is 3.71. The van der Waals surface area contributed by atoms with Crippen molar-refractivity contribution in [2.75, 3.05) is 16.8 Å². The van der Waals surface area contributed by atoms with Crippen molar-refractivity contribution in [3.8, 4) is 11.4 Å². The van der Waals surface area contributed by atoms with Gasteiger partial charge in [0.2, 0.25) is 23.5 Å². The molecule has 1 aliphatic heterocycles. The lowest BCUT2D eigenvalue weighted by Gasteiger charge is -2.17. The highest BCUT2D eigenvalue weighted by Crippen LogP contribution is 2.30. The highest BCUT2D eigenvalue weighted by molar-refractivity contribution is 6.06. The van der Waals surface area contributed by atoms with Gasteiger partial charge in [-0.2, -0.15) is 4.98 Å². The zero-order valence-corrected chi connectivity index (χ0v) is 17.7. The molecule has 0 saturated carbocycles. The van der Waals surface area contributed by atoms with Crippen molar-refractivity contribution in [3.63, 3.8) is 0 Å². The number of para-hydroxylation sites is 1. The van der Waals surface area contributed by atoms with E-state index in [1.54, 1.807) is 11.8 Å². The Bertz CT molecular complexity index is 1350. The van der Waals surface area contributed by atoms with Gasteiger partial charge in [-0.05, 0) is 31.2 Å². The average Bonchev–Trinajstić information content (AvgIpc) is 3.39. The van der Waals surface area contributed by atoms with Crippen LogP contribution in [-0.4, -0.2) is 33.5 Å². The van der Waals surface area contributed by atoms with E-state index in [-0.39, 0.29) is 18.2 Å². The van der Waals surface area contributed by atoms with E-state index in [2.05, 4.69) is 20.4 Å². The highest BCUT2D eigenvalue weighted by Gasteiger charge is 2.35. The van der Waals surface area contributed by atoms with Gasteiger partial charge in [0.15, 0.2) is 0 Å². The largest absolute Gasteiger partial charge is 0.339 e. The molecule has 0 radical (unpaired) electrons. The first-order valence-electron chi connectivity index (χ1n) is 10.4. The standard InChI is InChI=1S/C24H21N5O3/c1-14-10-21(19-8-3-4-9-20(19)25-14)27-24(31)17-12-22(30)29(13-17)18-7-5-6-16(11-18)23-26-15(2)32-28-23/h3-11,17H,12-13H2,1-2H3,(H,25,27,31).